The second-order valence-corrected chi connectivity index (χ2v) is 7.07. The highest BCUT2D eigenvalue weighted by atomic mass is 32.2. The van der Waals surface area contributed by atoms with E-state index in [-0.39, 0.29) is 0 Å². The summed E-state index contributed by atoms with van der Waals surface area (Å²) in [5, 5.41) is 11.7. The summed E-state index contributed by atoms with van der Waals surface area (Å²) >= 11 is 1.66. The second kappa shape index (κ2) is 10.5. The van der Waals surface area contributed by atoms with Crippen LogP contribution in [0.4, 0.5) is 0 Å². The van der Waals surface area contributed by atoms with Gasteiger partial charge in [0.15, 0.2) is 0 Å². The van der Waals surface area contributed by atoms with Crippen molar-refractivity contribution < 1.29 is 24.2 Å². The first-order chi connectivity index (χ1) is 10.9. The molecule has 23 heavy (non-hydrogen) atoms. The number of carbonyl (C=O) groups excluding carboxylic acids is 2. The van der Waals surface area contributed by atoms with Gasteiger partial charge in [-0.2, -0.15) is 11.8 Å². The summed E-state index contributed by atoms with van der Waals surface area (Å²) in [4.78, 5) is 34.3. The Morgan fingerprint density at radius 3 is 2.39 bits per heavy atom. The van der Waals surface area contributed by atoms with Crippen molar-refractivity contribution in [3.63, 3.8) is 0 Å². The molecule has 1 aliphatic rings. The van der Waals surface area contributed by atoms with E-state index in [2.05, 4.69) is 5.32 Å². The zero-order valence-electron chi connectivity index (χ0n) is 13.5. The minimum absolute atomic E-state index is 0.406. The molecule has 0 saturated heterocycles. The van der Waals surface area contributed by atoms with Crippen LogP contribution in [0.2, 0.25) is 0 Å². The number of methoxy groups -OCH3 is 1. The Labute approximate surface area is 140 Å². The number of aliphatic carboxylic acids is 1. The number of thioether (sulfide) groups is 1. The van der Waals surface area contributed by atoms with Crippen molar-refractivity contribution in [2.75, 3.05) is 12.9 Å². The third-order valence-corrected chi connectivity index (χ3v) is 5.30. The van der Waals surface area contributed by atoms with E-state index in [9.17, 15) is 14.4 Å². The van der Waals surface area contributed by atoms with Crippen LogP contribution in [0.3, 0.4) is 0 Å². The van der Waals surface area contributed by atoms with Crippen LogP contribution in [0.5, 0.6) is 0 Å². The van der Waals surface area contributed by atoms with Gasteiger partial charge in [0.25, 0.3) is 0 Å². The molecule has 0 aromatic rings. The van der Waals surface area contributed by atoms with Gasteiger partial charge in [0, 0.05) is 11.0 Å². The number of ether oxygens (including phenoxy) is 1. The summed E-state index contributed by atoms with van der Waals surface area (Å²) in [5.41, 5.74) is 5.52. The van der Waals surface area contributed by atoms with Crippen LogP contribution >= 0.6 is 11.8 Å². The molecule has 0 aromatic carbocycles. The predicted molar refractivity (Wildman–Crippen MR) is 88.1 cm³/mol. The molecule has 1 aliphatic carbocycles. The number of carboxylic acid groups (broad SMARTS) is 1. The molecular formula is C15H26N2O5S. The van der Waals surface area contributed by atoms with Gasteiger partial charge in [-0.15, -0.1) is 0 Å². The first-order valence-corrected chi connectivity index (χ1v) is 8.96. The fourth-order valence-electron chi connectivity index (χ4n) is 2.51. The van der Waals surface area contributed by atoms with Gasteiger partial charge in [-0.3, -0.25) is 9.59 Å². The molecule has 1 amide bonds. The number of amides is 1. The average Bonchev–Trinajstić information content (AvgIpc) is 2.78. The van der Waals surface area contributed by atoms with Crippen molar-refractivity contribution in [2.45, 2.75) is 62.3 Å². The first kappa shape index (κ1) is 19.8. The first-order valence-electron chi connectivity index (χ1n) is 7.91. The Hall–Kier alpha value is -1.28. The van der Waals surface area contributed by atoms with Gasteiger partial charge in [0.2, 0.25) is 5.91 Å². The molecule has 1 fully saturated rings. The lowest BCUT2D eigenvalue weighted by Crippen LogP contribution is -2.50. The number of hydrogen-bond donors (Lipinski definition) is 3. The lowest BCUT2D eigenvalue weighted by Gasteiger charge is -2.21. The zero-order valence-corrected chi connectivity index (χ0v) is 14.3. The van der Waals surface area contributed by atoms with Crippen molar-refractivity contribution >= 4 is 29.6 Å². The van der Waals surface area contributed by atoms with Crippen LogP contribution in [0.25, 0.3) is 0 Å². The Balaban J connectivity index is 2.52. The average molecular weight is 346 g/mol. The van der Waals surface area contributed by atoms with E-state index in [1.54, 1.807) is 11.8 Å². The highest BCUT2D eigenvalue weighted by Gasteiger charge is 2.26. The van der Waals surface area contributed by atoms with E-state index in [0.29, 0.717) is 11.0 Å². The number of carbonyl (C=O) groups is 3. The fourth-order valence-corrected chi connectivity index (χ4v) is 3.86. The number of esters is 1. The fraction of sp³-hybridized carbons (Fsp3) is 0.800. The van der Waals surface area contributed by atoms with E-state index in [1.165, 1.54) is 32.8 Å². The topological polar surface area (TPSA) is 119 Å². The monoisotopic (exact) mass is 346 g/mol. The number of rotatable bonds is 8. The van der Waals surface area contributed by atoms with Gasteiger partial charge in [-0.1, -0.05) is 25.7 Å². The number of nitrogens with one attached hydrogen (secondary N) is 1. The van der Waals surface area contributed by atoms with Crippen LogP contribution in [0, 0.1) is 0 Å². The number of carboxylic acids is 1. The van der Waals surface area contributed by atoms with Crippen LogP contribution in [0.1, 0.15) is 44.9 Å². The van der Waals surface area contributed by atoms with Crippen molar-refractivity contribution in [3.05, 3.63) is 0 Å². The quantitative estimate of drug-likeness (QED) is 0.441. The van der Waals surface area contributed by atoms with Gasteiger partial charge >= 0.3 is 11.9 Å². The molecule has 0 bridgehead atoms. The Bertz CT molecular complexity index is 411. The lowest BCUT2D eigenvalue weighted by molar-refractivity contribution is -0.144. The third kappa shape index (κ3) is 7.69. The van der Waals surface area contributed by atoms with Gasteiger partial charge in [0.1, 0.15) is 6.04 Å². The van der Waals surface area contributed by atoms with Crippen LogP contribution in [-0.4, -0.2) is 53.1 Å². The lowest BCUT2D eigenvalue weighted by atomic mass is 10.2. The van der Waals surface area contributed by atoms with Crippen molar-refractivity contribution in [1.29, 1.82) is 0 Å². The molecule has 0 aromatic heterocycles. The molecule has 0 heterocycles. The van der Waals surface area contributed by atoms with Crippen molar-refractivity contribution in [3.8, 4) is 0 Å². The van der Waals surface area contributed by atoms with Gasteiger partial charge in [-0.05, 0) is 12.8 Å². The van der Waals surface area contributed by atoms with E-state index >= 15 is 0 Å². The molecule has 1 saturated carbocycles. The molecule has 2 atom stereocenters. The highest BCUT2D eigenvalue weighted by Crippen LogP contribution is 2.27. The summed E-state index contributed by atoms with van der Waals surface area (Å²) in [6.45, 7) is 0. The largest absolute Gasteiger partial charge is 0.481 e. The minimum Gasteiger partial charge on any atom is -0.481 e. The predicted octanol–water partition coefficient (Wildman–Crippen LogP) is 0.902. The summed E-state index contributed by atoms with van der Waals surface area (Å²) in [5.74, 6) is -1.94. The standard InChI is InChI=1S/C15H26N2O5S/c1-22-15(21)12(17-14(20)11(16)8-13(18)19)9-23-10-6-4-2-3-5-7-10/h10-12H,2-9,16H2,1H3,(H,17,20)(H,18,19)/t11-,12-/m0/s1. The molecule has 0 aliphatic heterocycles. The molecular weight excluding hydrogens is 320 g/mol. The summed E-state index contributed by atoms with van der Waals surface area (Å²) in [6, 6.07) is -1.98. The van der Waals surface area contributed by atoms with E-state index in [4.69, 9.17) is 15.6 Å². The van der Waals surface area contributed by atoms with Gasteiger partial charge < -0.3 is 20.9 Å². The van der Waals surface area contributed by atoms with Gasteiger partial charge in [-0.25, -0.2) is 4.79 Å². The Morgan fingerprint density at radius 1 is 1.26 bits per heavy atom. The van der Waals surface area contributed by atoms with Crippen molar-refractivity contribution in [1.82, 2.24) is 5.32 Å². The van der Waals surface area contributed by atoms with E-state index in [1.807, 2.05) is 0 Å². The maximum absolute atomic E-state index is 11.9. The van der Waals surface area contributed by atoms with Crippen LogP contribution in [0.15, 0.2) is 0 Å². The molecule has 7 nitrogen and oxygen atoms in total. The van der Waals surface area contributed by atoms with E-state index < -0.39 is 36.4 Å². The molecule has 132 valence electrons. The number of nitrogens with two attached hydrogens (primary N) is 1. The zero-order chi connectivity index (χ0) is 17.2. The molecule has 0 unspecified atom stereocenters. The molecule has 0 spiro atoms. The van der Waals surface area contributed by atoms with E-state index in [0.717, 1.165) is 12.8 Å². The summed E-state index contributed by atoms with van der Waals surface area (Å²) < 4.78 is 4.71. The maximum atomic E-state index is 11.9. The molecule has 4 N–H and O–H groups in total. The normalized spacial score (nSPS) is 18.5. The Kier molecular flexibility index (Phi) is 9.01. The molecule has 8 heteroatoms. The van der Waals surface area contributed by atoms with Crippen LogP contribution in [-0.2, 0) is 19.1 Å². The highest BCUT2D eigenvalue weighted by molar-refractivity contribution is 7.99. The number of hydrogen-bond acceptors (Lipinski definition) is 6. The third-order valence-electron chi connectivity index (χ3n) is 3.83. The molecule has 0 radical (unpaired) electrons. The minimum atomic E-state index is -1.18. The molecule has 1 rings (SSSR count). The summed E-state index contributed by atoms with van der Waals surface area (Å²) in [7, 11) is 1.26. The SMILES string of the molecule is COC(=O)[C@H](CSC1CCCCCC1)NC(=O)[C@@H](N)CC(=O)O. The second-order valence-electron chi connectivity index (χ2n) is 5.74. The Morgan fingerprint density at radius 2 is 1.87 bits per heavy atom. The smallest absolute Gasteiger partial charge is 0.329 e. The maximum Gasteiger partial charge on any atom is 0.329 e. The van der Waals surface area contributed by atoms with Gasteiger partial charge in [0.05, 0.1) is 19.6 Å². The van der Waals surface area contributed by atoms with Crippen LogP contribution < -0.4 is 11.1 Å². The summed E-state index contributed by atoms with van der Waals surface area (Å²) in [6.07, 6.45) is 6.63. The van der Waals surface area contributed by atoms with Crippen molar-refractivity contribution in [2.24, 2.45) is 5.73 Å².